The third kappa shape index (κ3) is 5.35. The number of rotatable bonds is 6. The van der Waals surface area contributed by atoms with Crippen LogP contribution in [0.4, 0.5) is 9.18 Å². The van der Waals surface area contributed by atoms with Gasteiger partial charge in [0.25, 0.3) is 11.8 Å². The fourth-order valence-corrected chi connectivity index (χ4v) is 5.14. The number of piperidine rings is 2. The van der Waals surface area contributed by atoms with E-state index in [0.717, 1.165) is 12.8 Å². The van der Waals surface area contributed by atoms with Crippen LogP contribution in [0.3, 0.4) is 0 Å². The van der Waals surface area contributed by atoms with Gasteiger partial charge in [-0.2, -0.15) is 14.4 Å². The molecular weight excluding hydrogens is 471 g/mol. The van der Waals surface area contributed by atoms with Crippen molar-refractivity contribution in [1.82, 2.24) is 19.8 Å². The summed E-state index contributed by atoms with van der Waals surface area (Å²) in [5.41, 5.74) is -0.336. The Kier molecular flexibility index (Phi) is 6.93. The molecule has 2 amide bonds. The molecule has 36 heavy (non-hydrogen) atoms. The summed E-state index contributed by atoms with van der Waals surface area (Å²) in [7, 11) is 0. The average Bonchev–Trinajstić information content (AvgIpc) is 3.57. The third-order valence-electron chi connectivity index (χ3n) is 7.55. The van der Waals surface area contributed by atoms with Crippen molar-refractivity contribution < 1.29 is 32.9 Å². The highest BCUT2D eigenvalue weighted by molar-refractivity contribution is 5.78. The molecule has 4 aliphatic rings. The summed E-state index contributed by atoms with van der Waals surface area (Å²) in [6.45, 7) is 8.50. The van der Waals surface area contributed by atoms with E-state index in [1.165, 1.54) is 6.33 Å². The van der Waals surface area contributed by atoms with E-state index in [9.17, 15) is 9.59 Å². The maximum Gasteiger partial charge on any atom is 0.410 e. The van der Waals surface area contributed by atoms with E-state index in [2.05, 4.69) is 9.97 Å². The van der Waals surface area contributed by atoms with Crippen LogP contribution in [0.15, 0.2) is 6.33 Å². The van der Waals surface area contributed by atoms with E-state index in [-0.39, 0.29) is 59.3 Å². The minimum absolute atomic E-state index is 0.0506. The van der Waals surface area contributed by atoms with Crippen LogP contribution < -0.4 is 9.47 Å². The molecule has 2 unspecified atom stereocenters. The molecule has 11 heteroatoms. The Hall–Kier alpha value is -2.69. The molecule has 3 saturated heterocycles. The number of carbonyl (C=O) groups excluding carboxylic acids is 2. The first-order valence-corrected chi connectivity index (χ1v) is 12.9. The summed E-state index contributed by atoms with van der Waals surface area (Å²) in [5, 5.41) is 0. The molecule has 1 aromatic rings. The Morgan fingerprint density at radius 1 is 1.06 bits per heavy atom. The maximum atomic E-state index is 15.3. The summed E-state index contributed by atoms with van der Waals surface area (Å²) in [6.07, 6.45) is 3.33. The second-order valence-corrected chi connectivity index (χ2v) is 11.0. The molecule has 0 radical (unpaired) electrons. The summed E-state index contributed by atoms with van der Waals surface area (Å²) >= 11 is 0. The molecule has 1 aliphatic carbocycles. The molecule has 2 atom stereocenters. The molecule has 1 aromatic heterocycles. The molecule has 4 heterocycles. The van der Waals surface area contributed by atoms with Crippen molar-refractivity contribution in [2.24, 2.45) is 17.8 Å². The minimum atomic E-state index is -0.735. The fourth-order valence-electron chi connectivity index (χ4n) is 5.14. The summed E-state index contributed by atoms with van der Waals surface area (Å²) in [5.74, 6) is -1.22. The normalized spacial score (nSPS) is 27.5. The zero-order valence-corrected chi connectivity index (χ0v) is 21.2. The number of hydrogen-bond acceptors (Lipinski definition) is 8. The van der Waals surface area contributed by atoms with Gasteiger partial charge in [0, 0.05) is 56.8 Å². The molecule has 0 N–H and O–H groups in total. The highest BCUT2D eigenvalue weighted by Crippen LogP contribution is 2.40. The van der Waals surface area contributed by atoms with Crippen molar-refractivity contribution in [1.29, 1.82) is 0 Å². The van der Waals surface area contributed by atoms with Gasteiger partial charge in [0.05, 0.1) is 13.2 Å². The van der Waals surface area contributed by atoms with Crippen LogP contribution in [-0.2, 0) is 14.3 Å². The Balaban J connectivity index is 1.20. The van der Waals surface area contributed by atoms with Crippen LogP contribution in [0.5, 0.6) is 11.8 Å². The summed E-state index contributed by atoms with van der Waals surface area (Å²) < 4.78 is 38.6. The third-order valence-corrected chi connectivity index (χ3v) is 7.55. The fraction of sp³-hybridized carbons (Fsp3) is 0.760. The Morgan fingerprint density at radius 2 is 1.67 bits per heavy atom. The lowest BCUT2D eigenvalue weighted by atomic mass is 9.84. The number of halogens is 1. The molecular formula is C25H35FN4O6. The summed E-state index contributed by atoms with van der Waals surface area (Å²) in [6, 6.07) is 0. The zero-order valence-electron chi connectivity index (χ0n) is 21.2. The molecule has 198 valence electrons. The van der Waals surface area contributed by atoms with Gasteiger partial charge in [0.15, 0.2) is 0 Å². The Labute approximate surface area is 210 Å². The first-order chi connectivity index (χ1) is 17.2. The molecule has 1 saturated carbocycles. The minimum Gasteiger partial charge on any atom is -0.472 e. The highest BCUT2D eigenvalue weighted by atomic mass is 19.1. The number of aromatic nitrogens is 2. The molecule has 4 fully saturated rings. The van der Waals surface area contributed by atoms with Crippen molar-refractivity contribution in [3.63, 3.8) is 0 Å². The van der Waals surface area contributed by atoms with E-state index in [0.29, 0.717) is 52.2 Å². The van der Waals surface area contributed by atoms with Gasteiger partial charge in [-0.1, -0.05) is 13.8 Å². The smallest absolute Gasteiger partial charge is 0.410 e. The van der Waals surface area contributed by atoms with Gasteiger partial charge in [0.2, 0.25) is 11.7 Å². The largest absolute Gasteiger partial charge is 0.472 e. The molecule has 3 aliphatic heterocycles. The quantitative estimate of drug-likeness (QED) is 0.580. The Morgan fingerprint density at radius 3 is 2.25 bits per heavy atom. The number of hydrogen-bond donors (Lipinski definition) is 0. The average molecular weight is 507 g/mol. The van der Waals surface area contributed by atoms with E-state index >= 15 is 4.39 Å². The van der Waals surface area contributed by atoms with E-state index in [1.807, 2.05) is 25.7 Å². The number of nitrogens with zero attached hydrogens (tertiary/aromatic N) is 4. The second kappa shape index (κ2) is 9.99. The first kappa shape index (κ1) is 25.0. The van der Waals surface area contributed by atoms with Crippen LogP contribution in [0.1, 0.15) is 46.5 Å². The van der Waals surface area contributed by atoms with Gasteiger partial charge in [0.1, 0.15) is 24.1 Å². The molecule has 2 bridgehead atoms. The van der Waals surface area contributed by atoms with Gasteiger partial charge in [-0.05, 0) is 19.8 Å². The van der Waals surface area contributed by atoms with Crippen LogP contribution in [-0.4, -0.2) is 89.0 Å². The van der Waals surface area contributed by atoms with Crippen molar-refractivity contribution in [2.75, 3.05) is 39.4 Å². The van der Waals surface area contributed by atoms with E-state index < -0.39 is 5.82 Å². The van der Waals surface area contributed by atoms with Crippen LogP contribution >= 0.6 is 0 Å². The van der Waals surface area contributed by atoms with Gasteiger partial charge in [-0.3, -0.25) is 4.79 Å². The van der Waals surface area contributed by atoms with Gasteiger partial charge >= 0.3 is 6.09 Å². The van der Waals surface area contributed by atoms with E-state index in [4.69, 9.17) is 18.9 Å². The lowest BCUT2D eigenvalue weighted by Gasteiger charge is -2.46. The number of carbonyl (C=O) groups is 2. The molecule has 0 spiro atoms. The first-order valence-electron chi connectivity index (χ1n) is 12.9. The lowest BCUT2D eigenvalue weighted by molar-refractivity contribution is -0.136. The van der Waals surface area contributed by atoms with Crippen LogP contribution in [0.2, 0.25) is 0 Å². The molecule has 5 rings (SSSR count). The van der Waals surface area contributed by atoms with Crippen molar-refractivity contribution in [2.45, 2.75) is 64.3 Å². The van der Waals surface area contributed by atoms with E-state index in [1.54, 1.807) is 4.90 Å². The van der Waals surface area contributed by atoms with Gasteiger partial charge in [-0.25, -0.2) is 4.79 Å². The molecule has 0 aromatic carbocycles. The van der Waals surface area contributed by atoms with Crippen LogP contribution in [0, 0.1) is 23.6 Å². The number of fused-ring (bicyclic) bond motifs is 2. The van der Waals surface area contributed by atoms with Crippen LogP contribution in [0.25, 0.3) is 0 Å². The zero-order chi connectivity index (χ0) is 25.4. The molecule has 10 nitrogen and oxygen atoms in total. The standard InChI is InChI=1S/C25H35FN4O6/c1-15(2)23(31)29-8-4-18(5-9-29)34-21-19(26)22(28-14-27-21)35-20-16-10-30(11-17(20)13-33-12-16)24(32)36-25(3)6-7-25/h14-18,20H,4-13H2,1-3H3. The highest BCUT2D eigenvalue weighted by Gasteiger charge is 2.47. The van der Waals surface area contributed by atoms with Crippen molar-refractivity contribution in [3.8, 4) is 11.8 Å². The predicted octanol–water partition coefficient (Wildman–Crippen LogP) is 2.66. The Bertz CT molecular complexity index is 967. The number of likely N-dealkylation sites (tertiary alicyclic amines) is 2. The topological polar surface area (TPSA) is 103 Å². The predicted molar refractivity (Wildman–Crippen MR) is 125 cm³/mol. The second-order valence-electron chi connectivity index (χ2n) is 11.0. The summed E-state index contributed by atoms with van der Waals surface area (Å²) in [4.78, 5) is 36.4. The van der Waals surface area contributed by atoms with Gasteiger partial charge in [-0.15, -0.1) is 0 Å². The van der Waals surface area contributed by atoms with Gasteiger partial charge < -0.3 is 28.7 Å². The lowest BCUT2D eigenvalue weighted by Crippen LogP contribution is -2.59. The van der Waals surface area contributed by atoms with Crippen molar-refractivity contribution >= 4 is 12.0 Å². The maximum absolute atomic E-state index is 15.3. The monoisotopic (exact) mass is 506 g/mol. The van der Waals surface area contributed by atoms with Crippen molar-refractivity contribution in [3.05, 3.63) is 12.1 Å². The number of ether oxygens (including phenoxy) is 4. The SMILES string of the molecule is CC(C)C(=O)N1CCC(Oc2ncnc(OC3C4COCC3CN(C(=O)OC3(C)CC3)C4)c2F)CC1. The number of amides is 2.